The van der Waals surface area contributed by atoms with Crippen LogP contribution in [0.2, 0.25) is 0 Å². The third kappa shape index (κ3) is 5.90. The first-order chi connectivity index (χ1) is 18.7. The Balaban J connectivity index is 1.69. The molecule has 2 heterocycles. The molecule has 0 saturated heterocycles. The van der Waals surface area contributed by atoms with E-state index < -0.39 is 25.9 Å². The number of hydrogen-bond donors (Lipinski definition) is 2. The molecule has 1 amide bonds. The number of hydrogen-bond acceptors (Lipinski definition) is 7. The highest BCUT2D eigenvalue weighted by molar-refractivity contribution is 7.92. The molecule has 40 heavy (non-hydrogen) atoms. The van der Waals surface area contributed by atoms with Crippen LogP contribution in [-0.4, -0.2) is 86.3 Å². The van der Waals surface area contributed by atoms with Crippen molar-refractivity contribution in [2.45, 2.75) is 10.0 Å². The number of benzene rings is 2. The molecule has 0 spiro atoms. The minimum atomic E-state index is -4.56. The molecule has 17 heteroatoms. The molecule has 4 aromatic rings. The number of rotatable bonds is 8. The first kappa shape index (κ1) is 29.7. The molecule has 8 nitrogen and oxygen atoms in total. The van der Waals surface area contributed by atoms with Gasteiger partial charge in [0.05, 0.1) is 42.5 Å². The van der Waals surface area contributed by atoms with E-state index in [0.29, 0.717) is 5.01 Å². The fourth-order valence-electron chi connectivity index (χ4n) is 3.71. The van der Waals surface area contributed by atoms with E-state index in [4.69, 9.17) is 59.7 Å². The average molecular weight is 549 g/mol. The van der Waals surface area contributed by atoms with E-state index in [0.717, 1.165) is 11.6 Å². The van der Waals surface area contributed by atoms with Crippen molar-refractivity contribution in [3.05, 3.63) is 59.2 Å². The van der Waals surface area contributed by atoms with Crippen LogP contribution in [0, 0.1) is 0 Å². The van der Waals surface area contributed by atoms with Crippen molar-refractivity contribution in [1.82, 2.24) is 9.97 Å². The van der Waals surface area contributed by atoms with Gasteiger partial charge in [0.1, 0.15) is 42.1 Å². The van der Waals surface area contributed by atoms with Gasteiger partial charge in [-0.3, -0.25) is 9.52 Å². The summed E-state index contributed by atoms with van der Waals surface area (Å²) in [6.45, 7) is 0. The van der Waals surface area contributed by atoms with E-state index in [1.54, 1.807) is 5.38 Å². The van der Waals surface area contributed by atoms with Crippen molar-refractivity contribution in [2.24, 2.45) is 0 Å². The van der Waals surface area contributed by atoms with Crippen LogP contribution in [0.1, 0.15) is 16.1 Å². The number of ether oxygens (including phenoxy) is 1. The Morgan fingerprint density at radius 2 is 1.65 bits per heavy atom. The van der Waals surface area contributed by atoms with Gasteiger partial charge >= 0.3 is 0 Å². The van der Waals surface area contributed by atoms with E-state index in [2.05, 4.69) is 20.0 Å². The van der Waals surface area contributed by atoms with Crippen molar-refractivity contribution in [1.29, 1.82) is 0 Å². The minimum absolute atomic E-state index is 0.0239. The van der Waals surface area contributed by atoms with Crippen LogP contribution in [0.5, 0.6) is 5.88 Å². The number of nitrogens with zero attached hydrogens (tertiary/aromatic N) is 2. The van der Waals surface area contributed by atoms with Crippen LogP contribution in [0.15, 0.2) is 52.9 Å². The number of thiazole rings is 1. The lowest BCUT2D eigenvalue weighted by molar-refractivity contribution is 0.102. The molecule has 0 aliphatic heterocycles. The van der Waals surface area contributed by atoms with Gasteiger partial charge < -0.3 is 10.1 Å². The zero-order chi connectivity index (χ0) is 29.4. The number of aromatic nitrogens is 2. The van der Waals surface area contributed by atoms with Gasteiger partial charge in [-0.15, -0.1) is 32.8 Å². The molecule has 4 rings (SSSR count). The van der Waals surface area contributed by atoms with Gasteiger partial charge in [0.25, 0.3) is 15.9 Å². The Kier molecular flexibility index (Phi) is 8.37. The Morgan fingerprint density at radius 1 is 1.00 bits per heavy atom. The SMILES string of the molecule is [B]c1c([B])c([B])c(C([B])([B])[B])c(NS(=O)(=O)c2cc(NC(=O)c3csc(-c4ccccc4)n3)cnc2OC)c1[B]. The quantitative estimate of drug-likeness (QED) is 0.248. The van der Waals surface area contributed by atoms with Crippen molar-refractivity contribution < 1.29 is 17.9 Å². The predicted octanol–water partition coefficient (Wildman–Crippen LogP) is -1.94. The summed E-state index contributed by atoms with van der Waals surface area (Å²) in [6, 6.07) is 10.4. The number of amides is 1. The molecular formula is C23H13B7N4O4S2. The Hall–Kier alpha value is -3.31. The summed E-state index contributed by atoms with van der Waals surface area (Å²) >= 11 is 1.28. The second kappa shape index (κ2) is 11.3. The van der Waals surface area contributed by atoms with Gasteiger partial charge in [-0.1, -0.05) is 41.4 Å². The topological polar surface area (TPSA) is 110 Å². The molecule has 0 atom stereocenters. The molecule has 14 radical (unpaired) electrons. The molecule has 2 aromatic heterocycles. The third-order valence-electron chi connectivity index (χ3n) is 5.65. The van der Waals surface area contributed by atoms with Crippen LogP contribution < -0.4 is 36.6 Å². The average Bonchev–Trinajstić information content (AvgIpc) is 3.41. The number of carbonyl (C=O) groups excluding carboxylic acids is 1. The van der Waals surface area contributed by atoms with Crippen LogP contribution in [0.25, 0.3) is 10.6 Å². The Morgan fingerprint density at radius 3 is 2.27 bits per heavy atom. The summed E-state index contributed by atoms with van der Waals surface area (Å²) in [6.07, 6.45) is 1.21. The maximum atomic E-state index is 13.5. The molecule has 0 fully saturated rings. The largest absolute Gasteiger partial charge is 0.480 e. The van der Waals surface area contributed by atoms with Crippen molar-refractivity contribution in [3.63, 3.8) is 0 Å². The first-order valence-electron chi connectivity index (χ1n) is 11.3. The summed E-state index contributed by atoms with van der Waals surface area (Å²) < 4.78 is 34.5. The number of sulfonamides is 1. The summed E-state index contributed by atoms with van der Waals surface area (Å²) in [5.41, 5.74) is -0.663. The summed E-state index contributed by atoms with van der Waals surface area (Å²) in [5, 5.41) is 2.63. The molecule has 0 aliphatic carbocycles. The highest BCUT2D eigenvalue weighted by atomic mass is 32.2. The van der Waals surface area contributed by atoms with E-state index in [-0.39, 0.29) is 50.4 Å². The number of anilines is 2. The monoisotopic (exact) mass is 550 g/mol. The number of carbonyl (C=O) groups is 1. The van der Waals surface area contributed by atoms with E-state index >= 15 is 0 Å². The summed E-state index contributed by atoms with van der Waals surface area (Å²) in [7, 11) is 38.0. The predicted molar refractivity (Wildman–Crippen MR) is 164 cm³/mol. The normalized spacial score (nSPS) is 11.6. The van der Waals surface area contributed by atoms with Crippen LogP contribution >= 0.6 is 11.3 Å². The number of methoxy groups -OCH3 is 1. The Labute approximate surface area is 245 Å². The van der Waals surface area contributed by atoms with Gasteiger partial charge in [-0.05, 0) is 6.07 Å². The molecule has 0 saturated carbocycles. The van der Waals surface area contributed by atoms with Crippen LogP contribution in [0.3, 0.4) is 0 Å². The van der Waals surface area contributed by atoms with Gasteiger partial charge in [0.2, 0.25) is 5.88 Å². The van der Waals surface area contributed by atoms with Crippen LogP contribution in [0.4, 0.5) is 11.4 Å². The van der Waals surface area contributed by atoms with Crippen molar-refractivity contribution in [3.8, 4) is 16.5 Å². The van der Waals surface area contributed by atoms with Gasteiger partial charge in [-0.2, -0.15) is 0 Å². The highest BCUT2D eigenvalue weighted by Gasteiger charge is 2.28. The van der Waals surface area contributed by atoms with Gasteiger partial charge in [0.15, 0.2) is 4.90 Å². The lowest BCUT2D eigenvalue weighted by Gasteiger charge is -2.32. The number of nitrogens with one attached hydrogen (secondary N) is 2. The van der Waals surface area contributed by atoms with E-state index in [1.165, 1.54) is 24.6 Å². The molecular weight excluding hydrogens is 536 g/mol. The fourth-order valence-corrected chi connectivity index (χ4v) is 5.75. The zero-order valence-corrected chi connectivity index (χ0v) is 22.6. The lowest BCUT2D eigenvalue weighted by atomic mass is 9.38. The summed E-state index contributed by atoms with van der Waals surface area (Å²) in [5.74, 6) is -0.895. The fraction of sp³-hybridized carbons (Fsp3) is 0.0870. The minimum Gasteiger partial charge on any atom is -0.480 e. The van der Waals surface area contributed by atoms with E-state index in [9.17, 15) is 13.2 Å². The summed E-state index contributed by atoms with van der Waals surface area (Å²) in [4.78, 5) is 20.8. The third-order valence-corrected chi connectivity index (χ3v) is 7.88. The molecule has 0 bridgehead atoms. The molecule has 2 N–H and O–H groups in total. The van der Waals surface area contributed by atoms with Crippen molar-refractivity contribution >= 4 is 115 Å². The first-order valence-corrected chi connectivity index (χ1v) is 13.6. The highest BCUT2D eigenvalue weighted by Crippen LogP contribution is 2.29. The second-order valence-electron chi connectivity index (χ2n) is 8.53. The van der Waals surface area contributed by atoms with Crippen molar-refractivity contribution in [2.75, 3.05) is 17.1 Å². The van der Waals surface area contributed by atoms with Crippen LogP contribution in [-0.2, 0) is 15.1 Å². The molecule has 0 aliphatic rings. The molecule has 0 unspecified atom stereocenters. The number of pyridine rings is 1. The maximum Gasteiger partial charge on any atom is 0.275 e. The molecule has 2 aromatic carbocycles. The maximum absolute atomic E-state index is 13.5. The zero-order valence-electron chi connectivity index (χ0n) is 21.0. The van der Waals surface area contributed by atoms with E-state index in [1.807, 2.05) is 30.3 Å². The molecule has 182 valence electrons. The Bertz CT molecular complexity index is 1710. The lowest BCUT2D eigenvalue weighted by Crippen LogP contribution is -2.53. The second-order valence-corrected chi connectivity index (χ2v) is 11.0. The smallest absolute Gasteiger partial charge is 0.275 e. The van der Waals surface area contributed by atoms with Gasteiger partial charge in [-0.25, -0.2) is 18.4 Å². The van der Waals surface area contributed by atoms with Gasteiger partial charge in [0, 0.05) is 16.6 Å². The standard InChI is InChI=1S/C23H13B7N4O4S2/c1-38-21-13(40(36,37)34-19-14(23(28,29)30)15(24)16(25)17(26)18(19)27)7-11(8-31-21)32-20(35)12-9-39-22(33-12)10-5-3-2-4-6-10/h2-9,34H,1H3,(H,32,35).